The summed E-state index contributed by atoms with van der Waals surface area (Å²) in [5.74, 6) is -0.998. The molecule has 160 valence electrons. The van der Waals surface area contributed by atoms with Crippen LogP contribution in [0.25, 0.3) is 43.1 Å². The van der Waals surface area contributed by atoms with E-state index in [-0.39, 0.29) is 11.9 Å². The number of fused-ring (bicyclic) bond motifs is 2. The number of ether oxygens (including phenoxy) is 1. The standard InChI is InChI=1S/C26H18I2O4/c1-12(2)11-32-26(31)18-6-4-14-13-3-5-17(25(29)30)23-19(27)9-7-15(21(13)23)16-8-10-20(28)24(18)22(14)16/h3-10,12H,11H2,1-2H3,(H,29,30). The van der Waals surface area contributed by atoms with Gasteiger partial charge in [0, 0.05) is 17.9 Å². The van der Waals surface area contributed by atoms with Crippen LogP contribution in [-0.4, -0.2) is 23.7 Å². The fraction of sp³-hybridized carbons (Fsp3) is 0.154. The second-order valence-corrected chi connectivity index (χ2v) is 10.6. The van der Waals surface area contributed by atoms with E-state index in [2.05, 4.69) is 51.2 Å². The zero-order chi connectivity index (χ0) is 22.7. The lowest BCUT2D eigenvalue weighted by Gasteiger charge is -2.18. The topological polar surface area (TPSA) is 63.6 Å². The van der Waals surface area contributed by atoms with Crippen LogP contribution in [-0.2, 0) is 4.74 Å². The molecule has 0 aliphatic heterocycles. The van der Waals surface area contributed by atoms with Gasteiger partial charge >= 0.3 is 11.9 Å². The summed E-state index contributed by atoms with van der Waals surface area (Å²) in [6.07, 6.45) is 0. The lowest BCUT2D eigenvalue weighted by molar-refractivity contribution is 0.0461. The van der Waals surface area contributed by atoms with Gasteiger partial charge in [0.05, 0.1) is 17.7 Å². The molecule has 6 heteroatoms. The van der Waals surface area contributed by atoms with Gasteiger partial charge in [-0.05, 0) is 108 Å². The third-order valence-corrected chi connectivity index (χ3v) is 7.60. The highest BCUT2D eigenvalue weighted by molar-refractivity contribution is 14.1. The molecule has 1 N–H and O–H groups in total. The van der Waals surface area contributed by atoms with Gasteiger partial charge in [0.15, 0.2) is 0 Å². The molecule has 0 aromatic heterocycles. The number of hydrogen-bond acceptors (Lipinski definition) is 3. The molecular formula is C26H18I2O4. The minimum absolute atomic E-state index is 0.258. The van der Waals surface area contributed by atoms with Crippen LogP contribution in [0.15, 0.2) is 48.5 Å². The smallest absolute Gasteiger partial charge is 0.338 e. The Morgan fingerprint density at radius 2 is 1.19 bits per heavy atom. The summed E-state index contributed by atoms with van der Waals surface area (Å²) in [7, 11) is 0. The summed E-state index contributed by atoms with van der Waals surface area (Å²) < 4.78 is 7.44. The first kappa shape index (κ1) is 21.6. The van der Waals surface area contributed by atoms with Crippen molar-refractivity contribution in [3.8, 4) is 0 Å². The van der Waals surface area contributed by atoms with E-state index < -0.39 is 5.97 Å². The fourth-order valence-corrected chi connectivity index (χ4v) is 5.95. The van der Waals surface area contributed by atoms with Gasteiger partial charge in [-0.2, -0.15) is 0 Å². The quantitative estimate of drug-likeness (QED) is 0.0952. The second kappa shape index (κ2) is 7.98. The molecule has 32 heavy (non-hydrogen) atoms. The third kappa shape index (κ3) is 3.22. The normalized spacial score (nSPS) is 11.9. The Labute approximate surface area is 211 Å². The summed E-state index contributed by atoms with van der Waals surface area (Å²) in [6, 6.07) is 15.5. The van der Waals surface area contributed by atoms with Gasteiger partial charge < -0.3 is 9.84 Å². The van der Waals surface area contributed by atoms with Crippen LogP contribution in [0.5, 0.6) is 0 Å². The predicted molar refractivity (Wildman–Crippen MR) is 145 cm³/mol. The fourth-order valence-electron chi connectivity index (χ4n) is 4.47. The Morgan fingerprint density at radius 1 is 0.750 bits per heavy atom. The van der Waals surface area contributed by atoms with Crippen LogP contribution in [0, 0.1) is 13.1 Å². The van der Waals surface area contributed by atoms with Crippen LogP contribution in [0.4, 0.5) is 0 Å². The van der Waals surface area contributed by atoms with Crippen molar-refractivity contribution in [1.82, 2.24) is 0 Å². The molecular weight excluding hydrogens is 630 g/mol. The van der Waals surface area contributed by atoms with Crippen LogP contribution < -0.4 is 0 Å². The molecule has 5 aromatic rings. The van der Waals surface area contributed by atoms with Crippen molar-refractivity contribution in [2.24, 2.45) is 5.92 Å². The average Bonchev–Trinajstić information content (AvgIpc) is 2.77. The third-order valence-electron chi connectivity index (χ3n) is 5.80. The van der Waals surface area contributed by atoms with E-state index in [0.717, 1.165) is 50.2 Å². The van der Waals surface area contributed by atoms with Gasteiger partial charge in [-0.15, -0.1) is 0 Å². The Bertz CT molecular complexity index is 1550. The van der Waals surface area contributed by atoms with E-state index in [4.69, 9.17) is 4.74 Å². The molecule has 0 saturated carbocycles. The van der Waals surface area contributed by atoms with Crippen molar-refractivity contribution in [2.45, 2.75) is 13.8 Å². The number of rotatable bonds is 4. The number of carbonyl (C=O) groups is 2. The second-order valence-electron chi connectivity index (χ2n) is 8.31. The van der Waals surface area contributed by atoms with E-state index in [1.807, 2.05) is 50.2 Å². The maximum atomic E-state index is 13.0. The highest BCUT2D eigenvalue weighted by Crippen LogP contribution is 2.44. The van der Waals surface area contributed by atoms with E-state index in [1.165, 1.54) is 0 Å². The lowest BCUT2D eigenvalue weighted by Crippen LogP contribution is -2.11. The van der Waals surface area contributed by atoms with Gasteiger partial charge in [0.1, 0.15) is 0 Å². The van der Waals surface area contributed by atoms with E-state index in [9.17, 15) is 14.7 Å². The summed E-state index contributed by atoms with van der Waals surface area (Å²) in [5, 5.41) is 17.4. The summed E-state index contributed by atoms with van der Waals surface area (Å²) in [6.45, 7) is 4.40. The molecule has 0 amide bonds. The maximum Gasteiger partial charge on any atom is 0.338 e. The Morgan fingerprint density at radius 3 is 1.66 bits per heavy atom. The molecule has 0 unspecified atom stereocenters. The van der Waals surface area contributed by atoms with Crippen molar-refractivity contribution in [3.63, 3.8) is 0 Å². The molecule has 0 heterocycles. The van der Waals surface area contributed by atoms with Gasteiger partial charge in [-0.3, -0.25) is 0 Å². The summed E-state index contributed by atoms with van der Waals surface area (Å²) in [4.78, 5) is 24.9. The van der Waals surface area contributed by atoms with Crippen molar-refractivity contribution in [3.05, 3.63) is 66.8 Å². The van der Waals surface area contributed by atoms with Crippen molar-refractivity contribution >= 4 is 100 Å². The predicted octanol–water partition coefficient (Wildman–Crippen LogP) is 7.46. The van der Waals surface area contributed by atoms with Crippen LogP contribution in [0.2, 0.25) is 0 Å². The molecule has 0 aliphatic carbocycles. The lowest BCUT2D eigenvalue weighted by atomic mass is 9.87. The highest BCUT2D eigenvalue weighted by atomic mass is 127. The number of benzene rings is 5. The number of carboxylic acid groups (broad SMARTS) is 1. The zero-order valence-corrected chi connectivity index (χ0v) is 21.6. The van der Waals surface area contributed by atoms with Gasteiger partial charge in [0.2, 0.25) is 0 Å². The average molecular weight is 648 g/mol. The van der Waals surface area contributed by atoms with Gasteiger partial charge in [0.25, 0.3) is 0 Å². The SMILES string of the molecule is CC(C)COC(=O)c1ccc2c3ccc(C(=O)O)c4c(I)ccc(c5ccc(I)c1c52)c43. The van der Waals surface area contributed by atoms with Crippen molar-refractivity contribution in [1.29, 1.82) is 0 Å². The first-order valence-corrected chi connectivity index (χ1v) is 12.4. The minimum atomic E-state index is -0.937. The van der Waals surface area contributed by atoms with Gasteiger partial charge in [-0.25, -0.2) is 9.59 Å². The summed E-state index contributed by atoms with van der Waals surface area (Å²) in [5.41, 5.74) is 0.858. The van der Waals surface area contributed by atoms with Crippen LogP contribution in [0.1, 0.15) is 34.6 Å². The monoisotopic (exact) mass is 648 g/mol. The molecule has 0 fully saturated rings. The van der Waals surface area contributed by atoms with Gasteiger partial charge in [-0.1, -0.05) is 38.1 Å². The highest BCUT2D eigenvalue weighted by Gasteiger charge is 2.22. The number of aromatic carboxylic acids is 1. The number of hydrogen-bond donors (Lipinski definition) is 1. The molecule has 5 aromatic carbocycles. The Kier molecular flexibility index (Phi) is 5.40. The van der Waals surface area contributed by atoms with E-state index in [1.54, 1.807) is 6.07 Å². The number of carboxylic acids is 1. The number of esters is 1. The molecule has 0 radical (unpaired) electrons. The first-order chi connectivity index (χ1) is 15.3. The number of halogens is 2. The first-order valence-electron chi connectivity index (χ1n) is 10.2. The molecule has 5 rings (SSSR count). The molecule has 0 bridgehead atoms. The van der Waals surface area contributed by atoms with E-state index in [0.29, 0.717) is 17.7 Å². The maximum absolute atomic E-state index is 13.0. The molecule has 0 atom stereocenters. The molecule has 4 nitrogen and oxygen atoms in total. The zero-order valence-electron chi connectivity index (χ0n) is 17.3. The number of carbonyl (C=O) groups excluding carboxylic acids is 1. The van der Waals surface area contributed by atoms with Crippen molar-refractivity contribution < 1.29 is 19.4 Å². The largest absolute Gasteiger partial charge is 0.478 e. The molecule has 0 spiro atoms. The summed E-state index contributed by atoms with van der Waals surface area (Å²) >= 11 is 4.48. The Balaban J connectivity index is 1.95. The van der Waals surface area contributed by atoms with Crippen LogP contribution >= 0.6 is 45.2 Å². The minimum Gasteiger partial charge on any atom is -0.478 e. The van der Waals surface area contributed by atoms with Crippen molar-refractivity contribution in [2.75, 3.05) is 6.61 Å². The molecule has 0 aliphatic rings. The Hall–Kier alpha value is -2.20. The molecule has 0 saturated heterocycles. The van der Waals surface area contributed by atoms with E-state index >= 15 is 0 Å². The van der Waals surface area contributed by atoms with Crippen LogP contribution in [0.3, 0.4) is 0 Å².